The van der Waals surface area contributed by atoms with E-state index in [9.17, 15) is 14.9 Å². The summed E-state index contributed by atoms with van der Waals surface area (Å²) in [6.07, 6.45) is 0. The lowest BCUT2D eigenvalue weighted by Gasteiger charge is -2.21. The van der Waals surface area contributed by atoms with Gasteiger partial charge in [-0.2, -0.15) is 0 Å². The number of rotatable bonds is 6. The fraction of sp³-hybridized carbons (Fsp3) is 0.529. The Hall–Kier alpha value is -2.11. The molecule has 2 atom stereocenters. The number of guanidine groups is 1. The summed E-state index contributed by atoms with van der Waals surface area (Å²) in [7, 11) is 3.09. The second kappa shape index (κ2) is 10.9. The molecule has 0 aliphatic carbocycles. The van der Waals surface area contributed by atoms with Crippen molar-refractivity contribution >= 4 is 47.3 Å². The number of carbonyl (C=O) groups excluding carboxylic acids is 1. The Balaban J connectivity index is 0.00000364. The van der Waals surface area contributed by atoms with Gasteiger partial charge in [0.1, 0.15) is 5.69 Å². The quantitative estimate of drug-likeness (QED) is 0.119. The van der Waals surface area contributed by atoms with Crippen LogP contribution in [0.4, 0.5) is 11.4 Å². The van der Waals surface area contributed by atoms with E-state index in [1.54, 1.807) is 25.2 Å². The highest BCUT2D eigenvalue weighted by Gasteiger charge is 2.36. The summed E-state index contributed by atoms with van der Waals surface area (Å²) in [5.74, 6) is 0.524. The zero-order valence-corrected chi connectivity index (χ0v) is 18.0. The first-order valence-electron chi connectivity index (χ1n) is 8.48. The minimum absolute atomic E-state index is 0. The number of esters is 1. The molecule has 1 aromatic carbocycles. The predicted molar refractivity (Wildman–Crippen MR) is 115 cm³/mol. The molecule has 1 aliphatic rings. The number of carbonyl (C=O) groups is 1. The zero-order valence-electron chi connectivity index (χ0n) is 15.7. The van der Waals surface area contributed by atoms with Crippen LogP contribution in [0.15, 0.2) is 29.3 Å². The van der Waals surface area contributed by atoms with Crippen molar-refractivity contribution in [3.63, 3.8) is 0 Å². The lowest BCUT2D eigenvalue weighted by atomic mass is 9.99. The predicted octanol–water partition coefficient (Wildman–Crippen LogP) is 1.94. The minimum Gasteiger partial charge on any atom is -0.469 e. The Bertz CT molecular complexity index is 685. The normalized spacial score (nSPS) is 19.2. The van der Waals surface area contributed by atoms with Crippen LogP contribution < -0.4 is 10.6 Å². The molecule has 1 fully saturated rings. The number of nitro benzene ring substituents is 1. The number of aliphatic imine (C=N–C) groups is 1. The second-order valence-corrected chi connectivity index (χ2v) is 6.19. The van der Waals surface area contributed by atoms with Gasteiger partial charge in [-0.25, -0.2) is 0 Å². The summed E-state index contributed by atoms with van der Waals surface area (Å²) in [6.45, 7) is 4.33. The summed E-state index contributed by atoms with van der Waals surface area (Å²) in [4.78, 5) is 28.7. The number of para-hydroxylation sites is 2. The van der Waals surface area contributed by atoms with E-state index in [0.717, 1.165) is 6.54 Å². The van der Waals surface area contributed by atoms with Crippen molar-refractivity contribution in [1.29, 1.82) is 0 Å². The van der Waals surface area contributed by atoms with Crippen LogP contribution in [-0.2, 0) is 9.53 Å². The second-order valence-electron chi connectivity index (χ2n) is 6.19. The molecule has 27 heavy (non-hydrogen) atoms. The first kappa shape index (κ1) is 22.9. The molecule has 0 saturated carbocycles. The molecule has 0 spiro atoms. The lowest BCUT2D eigenvalue weighted by molar-refractivity contribution is -0.384. The van der Waals surface area contributed by atoms with Crippen LogP contribution in [0.3, 0.4) is 0 Å². The van der Waals surface area contributed by atoms with Gasteiger partial charge in [0.05, 0.1) is 18.0 Å². The molecule has 1 saturated heterocycles. The van der Waals surface area contributed by atoms with Gasteiger partial charge in [0, 0.05) is 39.3 Å². The fourth-order valence-electron chi connectivity index (χ4n) is 3.08. The molecule has 9 nitrogen and oxygen atoms in total. The van der Waals surface area contributed by atoms with E-state index in [1.807, 2.05) is 11.8 Å². The maximum atomic E-state index is 11.8. The Morgan fingerprint density at radius 2 is 2.07 bits per heavy atom. The van der Waals surface area contributed by atoms with Crippen LogP contribution in [0.25, 0.3) is 0 Å². The molecule has 1 aromatic rings. The van der Waals surface area contributed by atoms with Gasteiger partial charge in [0.25, 0.3) is 5.69 Å². The van der Waals surface area contributed by atoms with Crippen molar-refractivity contribution in [2.24, 2.45) is 16.8 Å². The number of hydrogen-bond donors (Lipinski definition) is 2. The Labute approximate surface area is 175 Å². The standard InChI is InChI=1S/C17H25N5O4.HI/c1-12-10-21(11-13(12)16(23)26-3)17(18-2)20-9-8-19-14-6-4-5-7-15(14)22(24)25;/h4-7,12-13,19H,8-11H2,1-3H3,(H,18,20);1H. The van der Waals surface area contributed by atoms with E-state index < -0.39 is 4.92 Å². The fourth-order valence-corrected chi connectivity index (χ4v) is 3.08. The van der Waals surface area contributed by atoms with Crippen molar-refractivity contribution in [3.8, 4) is 0 Å². The topological polar surface area (TPSA) is 109 Å². The largest absolute Gasteiger partial charge is 0.469 e. The van der Waals surface area contributed by atoms with E-state index in [0.29, 0.717) is 31.3 Å². The number of hydrogen-bond acceptors (Lipinski definition) is 6. The van der Waals surface area contributed by atoms with E-state index in [1.165, 1.54) is 13.2 Å². The molecule has 2 rings (SSSR count). The van der Waals surface area contributed by atoms with Gasteiger partial charge in [-0.15, -0.1) is 24.0 Å². The number of halogens is 1. The molecule has 0 radical (unpaired) electrons. The van der Waals surface area contributed by atoms with Crippen LogP contribution in [-0.4, -0.2) is 62.1 Å². The number of nitrogens with zero attached hydrogens (tertiary/aromatic N) is 3. The number of nitro groups is 1. The van der Waals surface area contributed by atoms with E-state index >= 15 is 0 Å². The smallest absolute Gasteiger partial charge is 0.310 e. The van der Waals surface area contributed by atoms with Crippen molar-refractivity contribution in [2.75, 3.05) is 45.7 Å². The van der Waals surface area contributed by atoms with Gasteiger partial charge in [0.2, 0.25) is 0 Å². The first-order chi connectivity index (χ1) is 12.5. The van der Waals surface area contributed by atoms with Crippen LogP contribution in [0.1, 0.15) is 6.92 Å². The van der Waals surface area contributed by atoms with Crippen LogP contribution in [0.5, 0.6) is 0 Å². The average molecular weight is 491 g/mol. The summed E-state index contributed by atoms with van der Waals surface area (Å²) >= 11 is 0. The highest BCUT2D eigenvalue weighted by molar-refractivity contribution is 14.0. The van der Waals surface area contributed by atoms with Gasteiger partial charge >= 0.3 is 5.97 Å². The third-order valence-electron chi connectivity index (χ3n) is 4.45. The minimum atomic E-state index is -0.409. The first-order valence-corrected chi connectivity index (χ1v) is 8.48. The van der Waals surface area contributed by atoms with E-state index in [-0.39, 0.29) is 47.5 Å². The molecule has 10 heteroatoms. The molecule has 0 bridgehead atoms. The number of likely N-dealkylation sites (tertiary alicyclic amines) is 1. The van der Waals surface area contributed by atoms with Crippen molar-refractivity contribution in [2.45, 2.75) is 6.92 Å². The van der Waals surface area contributed by atoms with Crippen molar-refractivity contribution in [1.82, 2.24) is 10.2 Å². The van der Waals surface area contributed by atoms with Gasteiger partial charge < -0.3 is 20.3 Å². The molecule has 0 amide bonds. The SMILES string of the molecule is CN=C(NCCNc1ccccc1[N+](=O)[O-])N1CC(C)C(C(=O)OC)C1.I. The molecular weight excluding hydrogens is 465 g/mol. The molecule has 150 valence electrons. The lowest BCUT2D eigenvalue weighted by Crippen LogP contribution is -2.42. The number of anilines is 1. The molecular formula is C17H26IN5O4. The zero-order chi connectivity index (χ0) is 19.1. The summed E-state index contributed by atoms with van der Waals surface area (Å²) in [6, 6.07) is 6.53. The molecule has 1 heterocycles. The monoisotopic (exact) mass is 491 g/mol. The molecule has 0 aromatic heterocycles. The summed E-state index contributed by atoms with van der Waals surface area (Å²) in [5.41, 5.74) is 0.529. The Kier molecular flexibility index (Phi) is 9.26. The summed E-state index contributed by atoms with van der Waals surface area (Å²) < 4.78 is 4.85. The van der Waals surface area contributed by atoms with Crippen molar-refractivity contribution in [3.05, 3.63) is 34.4 Å². The van der Waals surface area contributed by atoms with Crippen LogP contribution in [0, 0.1) is 22.0 Å². The maximum absolute atomic E-state index is 11.8. The van der Waals surface area contributed by atoms with E-state index in [4.69, 9.17) is 4.74 Å². The third kappa shape index (κ3) is 5.94. The van der Waals surface area contributed by atoms with Crippen LogP contribution in [0.2, 0.25) is 0 Å². The molecule has 2 N–H and O–H groups in total. The molecule has 1 aliphatic heterocycles. The highest BCUT2D eigenvalue weighted by Crippen LogP contribution is 2.24. The number of methoxy groups -OCH3 is 1. The van der Waals surface area contributed by atoms with Crippen LogP contribution >= 0.6 is 24.0 Å². The number of benzene rings is 1. The Morgan fingerprint density at radius 1 is 1.37 bits per heavy atom. The van der Waals surface area contributed by atoms with Crippen molar-refractivity contribution < 1.29 is 14.5 Å². The third-order valence-corrected chi connectivity index (χ3v) is 4.45. The molecule has 2 unspecified atom stereocenters. The van der Waals surface area contributed by atoms with Gasteiger partial charge in [-0.05, 0) is 12.0 Å². The van der Waals surface area contributed by atoms with Gasteiger partial charge in [0.15, 0.2) is 5.96 Å². The average Bonchev–Trinajstić information content (AvgIpc) is 3.02. The van der Waals surface area contributed by atoms with E-state index in [2.05, 4.69) is 15.6 Å². The van der Waals surface area contributed by atoms with Gasteiger partial charge in [-0.3, -0.25) is 19.9 Å². The number of ether oxygens (including phenoxy) is 1. The Morgan fingerprint density at radius 3 is 2.70 bits per heavy atom. The summed E-state index contributed by atoms with van der Waals surface area (Å²) in [5, 5.41) is 17.3. The number of nitrogens with one attached hydrogen (secondary N) is 2. The highest BCUT2D eigenvalue weighted by atomic mass is 127. The maximum Gasteiger partial charge on any atom is 0.310 e. The van der Waals surface area contributed by atoms with Gasteiger partial charge in [-0.1, -0.05) is 19.1 Å².